The molecule has 0 spiro atoms. The molecular weight excluding hydrogens is 557 g/mol. The van der Waals surface area contributed by atoms with Crippen LogP contribution in [0.4, 0.5) is 0 Å². The van der Waals surface area contributed by atoms with Crippen LogP contribution >= 0.6 is 0 Å². The Balaban J connectivity index is 0.00000306. The third-order valence-corrected chi connectivity index (χ3v) is 5.30. The third kappa shape index (κ3) is 10.5. The number of rotatable bonds is 6. The SMILES string of the molecule is CN1CC(Oc2ccccc2)N(C)CC(Oc2ccccc2)NC[C-]1Oc1ccccc1.[Cl-].[Cl-].[Cl-].[Ti+4]. The van der Waals surface area contributed by atoms with Gasteiger partial charge in [-0.3, -0.25) is 4.90 Å². The summed E-state index contributed by atoms with van der Waals surface area (Å²) >= 11 is 0. The summed E-state index contributed by atoms with van der Waals surface area (Å²) in [7, 11) is 4.07. The van der Waals surface area contributed by atoms with Crippen molar-refractivity contribution in [2.24, 2.45) is 0 Å². The molecule has 3 aromatic rings. The van der Waals surface area contributed by atoms with E-state index in [0.29, 0.717) is 19.6 Å². The number of ether oxygens (including phenoxy) is 3. The molecule has 10 heteroatoms. The van der Waals surface area contributed by atoms with Crippen LogP contribution in [0.15, 0.2) is 91.0 Å². The van der Waals surface area contributed by atoms with Crippen LogP contribution in [0, 0.1) is 6.23 Å². The van der Waals surface area contributed by atoms with E-state index in [1.807, 2.05) is 105 Å². The monoisotopic (exact) mass is 585 g/mol. The summed E-state index contributed by atoms with van der Waals surface area (Å²) in [6, 6.07) is 29.6. The van der Waals surface area contributed by atoms with Crippen molar-refractivity contribution in [2.45, 2.75) is 12.5 Å². The van der Waals surface area contributed by atoms with Crippen LogP contribution < -0.4 is 56.7 Å². The van der Waals surface area contributed by atoms with Crippen molar-refractivity contribution < 1.29 is 73.1 Å². The number of halogens is 3. The summed E-state index contributed by atoms with van der Waals surface area (Å²) in [4.78, 5) is 4.25. The van der Waals surface area contributed by atoms with Gasteiger partial charge in [0, 0.05) is 6.54 Å². The fraction of sp³-hybridized carbons (Fsp3) is 0.269. The van der Waals surface area contributed by atoms with Crippen molar-refractivity contribution in [1.82, 2.24) is 15.1 Å². The zero-order valence-electron chi connectivity index (χ0n) is 20.2. The maximum Gasteiger partial charge on any atom is 4.00 e. The molecule has 6 nitrogen and oxygen atoms in total. The Hall–Kier alpha value is -1.48. The summed E-state index contributed by atoms with van der Waals surface area (Å²) in [5.74, 6) is 2.44. The quantitative estimate of drug-likeness (QED) is 0.231. The zero-order chi connectivity index (χ0) is 22.2. The van der Waals surface area contributed by atoms with E-state index in [1.54, 1.807) is 0 Å². The zero-order valence-corrected chi connectivity index (χ0v) is 24.0. The van der Waals surface area contributed by atoms with Gasteiger partial charge in [0.15, 0.2) is 12.5 Å². The fourth-order valence-electron chi connectivity index (χ4n) is 3.52. The first kappa shape index (κ1) is 34.5. The number of nitrogens with zero attached hydrogens (tertiary/aromatic N) is 2. The molecule has 3 aromatic carbocycles. The first-order valence-electron chi connectivity index (χ1n) is 10.8. The van der Waals surface area contributed by atoms with Gasteiger partial charge in [-0.25, -0.2) is 0 Å². The van der Waals surface area contributed by atoms with Crippen LogP contribution in [0.2, 0.25) is 0 Å². The smallest absolute Gasteiger partial charge is 1.00 e. The van der Waals surface area contributed by atoms with Crippen molar-refractivity contribution >= 4 is 0 Å². The molecular formula is C26H30Cl3N3O3Ti. The second-order valence-corrected chi connectivity index (χ2v) is 7.81. The van der Waals surface area contributed by atoms with E-state index in [4.69, 9.17) is 14.2 Å². The van der Waals surface area contributed by atoms with Crippen LogP contribution in [0.5, 0.6) is 17.2 Å². The molecule has 1 saturated heterocycles. The summed E-state index contributed by atoms with van der Waals surface area (Å²) in [5, 5.41) is 3.50. The topological polar surface area (TPSA) is 46.2 Å². The molecule has 36 heavy (non-hydrogen) atoms. The Bertz CT molecular complexity index is 948. The molecule has 4 rings (SSSR count). The van der Waals surface area contributed by atoms with Gasteiger partial charge in [0.2, 0.25) is 0 Å². The molecule has 1 N–H and O–H groups in total. The summed E-state index contributed by atoms with van der Waals surface area (Å²) in [6.07, 6.45) is 0.360. The van der Waals surface area contributed by atoms with Gasteiger partial charge in [-0.05, 0) is 50.5 Å². The van der Waals surface area contributed by atoms with Gasteiger partial charge in [0.05, 0.1) is 12.3 Å². The molecule has 0 saturated carbocycles. The van der Waals surface area contributed by atoms with Gasteiger partial charge < -0.3 is 61.6 Å². The Labute approximate surface area is 247 Å². The Morgan fingerprint density at radius 3 is 1.69 bits per heavy atom. The van der Waals surface area contributed by atoms with Crippen LogP contribution in [-0.2, 0) is 21.7 Å². The summed E-state index contributed by atoms with van der Waals surface area (Å²) in [6.45, 7) is 1.79. The van der Waals surface area contributed by atoms with Gasteiger partial charge in [-0.2, -0.15) is 0 Å². The van der Waals surface area contributed by atoms with Gasteiger partial charge in [-0.15, -0.1) is 0 Å². The minimum atomic E-state index is -0.245. The molecule has 1 fully saturated rings. The molecule has 0 radical (unpaired) electrons. The first-order valence-corrected chi connectivity index (χ1v) is 10.8. The summed E-state index contributed by atoms with van der Waals surface area (Å²) < 4.78 is 18.9. The number of para-hydroxylation sites is 3. The minimum absolute atomic E-state index is 0. The predicted octanol–water partition coefficient (Wildman–Crippen LogP) is -5.16. The largest absolute Gasteiger partial charge is 4.00 e. The van der Waals surface area contributed by atoms with Crippen molar-refractivity contribution in [3.63, 3.8) is 0 Å². The van der Waals surface area contributed by atoms with E-state index >= 15 is 0 Å². The number of hydrogen-bond acceptors (Lipinski definition) is 6. The van der Waals surface area contributed by atoms with E-state index in [-0.39, 0.29) is 71.4 Å². The second-order valence-electron chi connectivity index (χ2n) is 7.81. The van der Waals surface area contributed by atoms with Crippen molar-refractivity contribution in [2.75, 3.05) is 33.7 Å². The summed E-state index contributed by atoms with van der Waals surface area (Å²) in [5.41, 5.74) is 0. The van der Waals surface area contributed by atoms with Gasteiger partial charge >= 0.3 is 21.7 Å². The van der Waals surface area contributed by atoms with E-state index in [0.717, 1.165) is 23.5 Å². The standard InChI is InChI=1S/C26H30N3O3.3ClH.Ti/c1-28-19-24(30-21-12-6-3-7-13-21)27-18-25(31-22-14-8-4-9-15-22)29(2)20-26(28)32-23-16-10-5-11-17-23;;;;/h3-17,24,26-27H,18-20H2,1-2H3;3*1H;/q-1;;;;+4/p-3. The second kappa shape index (κ2) is 17.9. The van der Waals surface area contributed by atoms with Crippen LogP contribution in [0.3, 0.4) is 0 Å². The molecule has 1 aliphatic heterocycles. The molecule has 0 aromatic heterocycles. The van der Waals surface area contributed by atoms with Crippen LogP contribution in [-0.4, -0.2) is 56.0 Å². The van der Waals surface area contributed by atoms with Crippen LogP contribution in [0.25, 0.3) is 0 Å². The minimum Gasteiger partial charge on any atom is -1.00 e. The maximum atomic E-state index is 6.36. The predicted molar refractivity (Wildman–Crippen MR) is 125 cm³/mol. The molecule has 2 unspecified atom stereocenters. The fourth-order valence-corrected chi connectivity index (χ4v) is 3.52. The van der Waals surface area contributed by atoms with Crippen LogP contribution in [0.1, 0.15) is 0 Å². The van der Waals surface area contributed by atoms with E-state index in [9.17, 15) is 0 Å². The first-order chi connectivity index (χ1) is 15.7. The molecule has 1 aliphatic rings. The number of hydrogen-bond donors (Lipinski definition) is 1. The maximum absolute atomic E-state index is 6.36. The average molecular weight is 587 g/mol. The molecule has 0 bridgehead atoms. The Kier molecular flexibility index (Phi) is 17.2. The molecule has 2 atom stereocenters. The molecule has 0 aliphatic carbocycles. The van der Waals surface area contributed by atoms with E-state index in [2.05, 4.69) is 15.1 Å². The van der Waals surface area contributed by atoms with Crippen molar-refractivity contribution in [1.29, 1.82) is 0 Å². The number of likely N-dealkylation sites (N-methyl/N-ethyl adjacent to an activating group) is 2. The van der Waals surface area contributed by atoms with Crippen molar-refractivity contribution in [3.05, 3.63) is 97.2 Å². The van der Waals surface area contributed by atoms with Gasteiger partial charge in [0.1, 0.15) is 11.5 Å². The number of nitrogens with one attached hydrogen (secondary N) is 1. The Morgan fingerprint density at radius 2 is 1.17 bits per heavy atom. The van der Waals surface area contributed by atoms with Crippen molar-refractivity contribution in [3.8, 4) is 17.2 Å². The van der Waals surface area contributed by atoms with E-state index in [1.165, 1.54) is 0 Å². The Morgan fingerprint density at radius 1 is 0.694 bits per heavy atom. The molecule has 0 amide bonds. The van der Waals surface area contributed by atoms with E-state index < -0.39 is 0 Å². The molecule has 1 heterocycles. The number of benzene rings is 3. The van der Waals surface area contributed by atoms with Gasteiger partial charge in [-0.1, -0.05) is 67.4 Å². The molecule has 192 valence electrons. The third-order valence-electron chi connectivity index (χ3n) is 5.30. The van der Waals surface area contributed by atoms with Gasteiger partial charge in [0.25, 0.3) is 0 Å². The normalized spacial score (nSPS) is 18.8. The average Bonchev–Trinajstić information content (AvgIpc) is 2.87.